The fraction of sp³-hybridized carbons (Fsp3) is 0.571. The number of likely N-dealkylation sites (N-methyl/N-ethyl adjacent to an activating group) is 1. The van der Waals surface area contributed by atoms with Crippen LogP contribution in [-0.2, 0) is 0 Å². The molecular weight excluding hydrogens is 228 g/mol. The third-order valence-electron chi connectivity index (χ3n) is 3.50. The van der Waals surface area contributed by atoms with Crippen LogP contribution in [0.4, 0.5) is 0 Å². The molecule has 4 nitrogen and oxygen atoms in total. The minimum atomic E-state index is -0.229. The molecular formula is C14H24N2O2. The van der Waals surface area contributed by atoms with Gasteiger partial charge in [-0.05, 0) is 45.5 Å². The topological polar surface area (TPSA) is 56.5 Å². The van der Waals surface area contributed by atoms with Gasteiger partial charge in [0.1, 0.15) is 11.5 Å². The molecule has 0 amide bonds. The average molecular weight is 252 g/mol. The molecule has 1 aromatic rings. The molecule has 0 aliphatic heterocycles. The molecule has 4 heteroatoms. The summed E-state index contributed by atoms with van der Waals surface area (Å²) in [6.07, 6.45) is 0. The van der Waals surface area contributed by atoms with Crippen molar-refractivity contribution in [2.24, 2.45) is 5.73 Å². The van der Waals surface area contributed by atoms with Crippen LogP contribution in [0.15, 0.2) is 12.1 Å². The van der Waals surface area contributed by atoms with Gasteiger partial charge >= 0.3 is 0 Å². The van der Waals surface area contributed by atoms with Crippen molar-refractivity contribution in [1.82, 2.24) is 5.32 Å². The molecule has 1 aromatic carbocycles. The highest BCUT2D eigenvalue weighted by molar-refractivity contribution is 5.48. The Bertz CT molecular complexity index is 417. The standard InChI is InChI=1S/C14H24N2O2/c1-9-7-12(18-6)10(8-11(9)17-5)13(15)14(2,3)16-4/h7-8,13,16H,15H2,1-6H3. The van der Waals surface area contributed by atoms with Crippen molar-refractivity contribution in [3.63, 3.8) is 0 Å². The minimum absolute atomic E-state index is 0.188. The van der Waals surface area contributed by atoms with Gasteiger partial charge in [0.25, 0.3) is 0 Å². The third kappa shape index (κ3) is 2.76. The first-order valence-corrected chi connectivity index (χ1v) is 6.04. The number of aryl methyl sites for hydroxylation is 1. The lowest BCUT2D eigenvalue weighted by Gasteiger charge is -2.32. The molecule has 0 spiro atoms. The van der Waals surface area contributed by atoms with Gasteiger partial charge in [0, 0.05) is 11.1 Å². The number of nitrogens with two attached hydrogens (primary N) is 1. The quantitative estimate of drug-likeness (QED) is 0.841. The van der Waals surface area contributed by atoms with Crippen molar-refractivity contribution >= 4 is 0 Å². The zero-order valence-corrected chi connectivity index (χ0v) is 12.1. The number of benzene rings is 1. The van der Waals surface area contributed by atoms with Gasteiger partial charge in [-0.3, -0.25) is 0 Å². The molecule has 0 radical (unpaired) electrons. The summed E-state index contributed by atoms with van der Waals surface area (Å²) < 4.78 is 10.8. The fourth-order valence-corrected chi connectivity index (χ4v) is 1.86. The zero-order valence-electron chi connectivity index (χ0n) is 12.1. The van der Waals surface area contributed by atoms with Crippen molar-refractivity contribution in [3.05, 3.63) is 23.3 Å². The van der Waals surface area contributed by atoms with E-state index < -0.39 is 0 Å². The maximum atomic E-state index is 6.34. The maximum absolute atomic E-state index is 6.34. The van der Waals surface area contributed by atoms with Gasteiger partial charge < -0.3 is 20.5 Å². The summed E-state index contributed by atoms with van der Waals surface area (Å²) in [5.41, 5.74) is 8.09. The summed E-state index contributed by atoms with van der Waals surface area (Å²) in [4.78, 5) is 0. The number of nitrogens with one attached hydrogen (secondary N) is 1. The normalized spacial score (nSPS) is 13.3. The first-order valence-electron chi connectivity index (χ1n) is 6.04. The zero-order chi connectivity index (χ0) is 13.9. The number of rotatable bonds is 5. The summed E-state index contributed by atoms with van der Waals surface area (Å²) >= 11 is 0. The van der Waals surface area contributed by atoms with Crippen LogP contribution in [-0.4, -0.2) is 26.8 Å². The Morgan fingerprint density at radius 2 is 1.72 bits per heavy atom. The molecule has 0 aliphatic carbocycles. The Morgan fingerprint density at radius 3 is 2.17 bits per heavy atom. The molecule has 0 fully saturated rings. The van der Waals surface area contributed by atoms with E-state index in [1.807, 2.05) is 26.1 Å². The molecule has 102 valence electrons. The van der Waals surface area contributed by atoms with Crippen LogP contribution in [0, 0.1) is 6.92 Å². The second-order valence-electron chi connectivity index (χ2n) is 5.01. The van der Waals surface area contributed by atoms with E-state index in [1.165, 1.54) is 0 Å². The lowest BCUT2D eigenvalue weighted by Crippen LogP contribution is -2.46. The van der Waals surface area contributed by atoms with Crippen molar-refractivity contribution in [1.29, 1.82) is 0 Å². The van der Waals surface area contributed by atoms with Crippen LogP contribution in [0.1, 0.15) is 31.0 Å². The number of hydrogen-bond acceptors (Lipinski definition) is 4. The van der Waals surface area contributed by atoms with Crippen LogP contribution < -0.4 is 20.5 Å². The van der Waals surface area contributed by atoms with Gasteiger partial charge in [-0.1, -0.05) is 0 Å². The molecule has 1 atom stereocenters. The molecule has 0 aromatic heterocycles. The smallest absolute Gasteiger partial charge is 0.124 e. The summed E-state index contributed by atoms with van der Waals surface area (Å²) in [5.74, 6) is 1.62. The first kappa shape index (κ1) is 14.8. The molecule has 1 unspecified atom stereocenters. The highest BCUT2D eigenvalue weighted by atomic mass is 16.5. The van der Waals surface area contributed by atoms with Gasteiger partial charge in [0.2, 0.25) is 0 Å². The van der Waals surface area contributed by atoms with E-state index in [0.29, 0.717) is 0 Å². The van der Waals surface area contributed by atoms with E-state index in [2.05, 4.69) is 19.2 Å². The Morgan fingerprint density at radius 1 is 1.17 bits per heavy atom. The van der Waals surface area contributed by atoms with Crippen LogP contribution in [0.3, 0.4) is 0 Å². The molecule has 1 rings (SSSR count). The van der Waals surface area contributed by atoms with Gasteiger partial charge in [-0.25, -0.2) is 0 Å². The first-order chi connectivity index (χ1) is 8.37. The van der Waals surface area contributed by atoms with Crippen molar-refractivity contribution in [2.45, 2.75) is 32.4 Å². The Kier molecular flexibility index (Phi) is 4.59. The monoisotopic (exact) mass is 252 g/mol. The maximum Gasteiger partial charge on any atom is 0.124 e. The van der Waals surface area contributed by atoms with Crippen molar-refractivity contribution in [3.8, 4) is 11.5 Å². The van der Waals surface area contributed by atoms with E-state index in [4.69, 9.17) is 15.2 Å². The Balaban J connectivity index is 3.29. The van der Waals surface area contributed by atoms with Gasteiger partial charge in [0.05, 0.1) is 20.3 Å². The fourth-order valence-electron chi connectivity index (χ4n) is 1.86. The molecule has 0 saturated carbocycles. The minimum Gasteiger partial charge on any atom is -0.496 e. The second-order valence-corrected chi connectivity index (χ2v) is 5.01. The molecule has 0 saturated heterocycles. The van der Waals surface area contributed by atoms with Crippen LogP contribution in [0.2, 0.25) is 0 Å². The van der Waals surface area contributed by atoms with E-state index in [-0.39, 0.29) is 11.6 Å². The lowest BCUT2D eigenvalue weighted by atomic mass is 9.88. The van der Waals surface area contributed by atoms with E-state index in [9.17, 15) is 0 Å². The summed E-state index contributed by atoms with van der Waals surface area (Å²) in [6, 6.07) is 3.73. The van der Waals surface area contributed by atoms with E-state index in [0.717, 1.165) is 22.6 Å². The van der Waals surface area contributed by atoms with Gasteiger partial charge in [-0.2, -0.15) is 0 Å². The summed E-state index contributed by atoms with van der Waals surface area (Å²) in [5, 5.41) is 3.22. The van der Waals surface area contributed by atoms with Gasteiger partial charge in [0.15, 0.2) is 0 Å². The van der Waals surface area contributed by atoms with Gasteiger partial charge in [-0.15, -0.1) is 0 Å². The van der Waals surface area contributed by atoms with E-state index >= 15 is 0 Å². The third-order valence-corrected chi connectivity index (χ3v) is 3.50. The number of hydrogen-bond donors (Lipinski definition) is 2. The molecule has 18 heavy (non-hydrogen) atoms. The van der Waals surface area contributed by atoms with E-state index in [1.54, 1.807) is 14.2 Å². The molecule has 0 heterocycles. The van der Waals surface area contributed by atoms with Crippen LogP contribution in [0.25, 0.3) is 0 Å². The average Bonchev–Trinajstić information content (AvgIpc) is 2.37. The summed E-state index contributed by atoms with van der Waals surface area (Å²) in [7, 11) is 5.22. The number of methoxy groups -OCH3 is 2. The van der Waals surface area contributed by atoms with Crippen molar-refractivity contribution < 1.29 is 9.47 Å². The predicted octanol–water partition coefficient (Wildman–Crippen LogP) is 2.01. The highest BCUT2D eigenvalue weighted by Gasteiger charge is 2.28. The largest absolute Gasteiger partial charge is 0.496 e. The highest BCUT2D eigenvalue weighted by Crippen LogP contribution is 2.35. The number of ether oxygens (including phenoxy) is 2. The molecule has 3 N–H and O–H groups in total. The van der Waals surface area contributed by atoms with Crippen molar-refractivity contribution in [2.75, 3.05) is 21.3 Å². The summed E-state index contributed by atoms with van der Waals surface area (Å²) in [6.45, 7) is 6.10. The predicted molar refractivity (Wildman–Crippen MR) is 74.4 cm³/mol. The van der Waals surface area contributed by atoms with Crippen LogP contribution >= 0.6 is 0 Å². The SMILES string of the molecule is CNC(C)(C)C(N)c1cc(OC)c(C)cc1OC. The molecule has 0 aliphatic rings. The Hall–Kier alpha value is -1.26. The second kappa shape index (κ2) is 5.59. The lowest BCUT2D eigenvalue weighted by molar-refractivity contribution is 0.331. The Labute approximate surface area is 109 Å². The molecule has 0 bridgehead atoms. The van der Waals surface area contributed by atoms with Crippen LogP contribution in [0.5, 0.6) is 11.5 Å².